The van der Waals surface area contributed by atoms with Crippen molar-refractivity contribution in [2.75, 3.05) is 13.2 Å². The van der Waals surface area contributed by atoms with Crippen molar-refractivity contribution in [1.82, 2.24) is 0 Å². The summed E-state index contributed by atoms with van der Waals surface area (Å²) < 4.78 is 24.5. The van der Waals surface area contributed by atoms with E-state index < -0.39 is 127 Å². The maximum Gasteiger partial charge on any atom is 0.343 e. The molecule has 0 spiro atoms. The number of cyclic esters (lactones) is 2. The van der Waals surface area contributed by atoms with Crippen LogP contribution in [0.1, 0.15) is 114 Å². The third-order valence-corrected chi connectivity index (χ3v) is 13.9. The molecule has 2 aliphatic carbocycles. The summed E-state index contributed by atoms with van der Waals surface area (Å²) in [6.45, 7) is 17.8. The predicted octanol–water partition coefficient (Wildman–Crippen LogP) is 5.75. The van der Waals surface area contributed by atoms with Crippen molar-refractivity contribution in [3.05, 3.63) is 130 Å². The number of Topliss-reactive ketones (excluding diaryl/α,β-unsaturated/α-hetero) is 5. The van der Waals surface area contributed by atoms with E-state index in [1.165, 1.54) is 0 Å². The Bertz CT molecular complexity index is 2630. The van der Waals surface area contributed by atoms with E-state index in [2.05, 4.69) is 9.47 Å². The van der Waals surface area contributed by atoms with Gasteiger partial charge >= 0.3 is 29.8 Å². The fraction of sp³-hybridized carbons (Fsp3) is 0.475. The highest BCUT2D eigenvalue weighted by atomic mass is 16.6. The number of aliphatic hydroxyl groups excluding tert-OH is 4. The van der Waals surface area contributed by atoms with E-state index in [0.29, 0.717) is 17.6 Å². The highest BCUT2D eigenvalue weighted by Gasteiger charge is 2.48. The Labute approximate surface area is 465 Å². The Hall–Kier alpha value is -7.32. The average molecular weight is 1110 g/mol. The van der Waals surface area contributed by atoms with Crippen LogP contribution in [0, 0.1) is 16.7 Å². The van der Waals surface area contributed by atoms with E-state index in [0.717, 1.165) is 33.4 Å². The molecule has 0 aromatic carbocycles. The van der Waals surface area contributed by atoms with Gasteiger partial charge in [0.2, 0.25) is 23.8 Å². The third-order valence-electron chi connectivity index (χ3n) is 13.9. The zero-order valence-electron chi connectivity index (χ0n) is 47.0. The molecular formula is C61H74O19. The van der Waals surface area contributed by atoms with Crippen LogP contribution in [-0.2, 0) is 71.6 Å². The lowest BCUT2D eigenvalue weighted by molar-refractivity contribution is -0.161. The monoisotopic (exact) mass is 1110 g/mol. The zero-order valence-corrected chi connectivity index (χ0v) is 47.0. The number of carbonyl (C=O) groups excluding carboxylic acids is 10. The molecule has 2 aliphatic heterocycles. The van der Waals surface area contributed by atoms with Gasteiger partial charge in [0.1, 0.15) is 31.2 Å². The molecule has 4 aliphatic rings. The zero-order chi connectivity index (χ0) is 59.8. The summed E-state index contributed by atoms with van der Waals surface area (Å²) in [5, 5.41) is 38.9. The van der Waals surface area contributed by atoms with Crippen molar-refractivity contribution in [3.8, 4) is 0 Å². The van der Waals surface area contributed by atoms with E-state index in [1.807, 2.05) is 140 Å². The first-order valence-electron chi connectivity index (χ1n) is 26.3. The second kappa shape index (κ2) is 29.2. The predicted molar refractivity (Wildman–Crippen MR) is 290 cm³/mol. The minimum absolute atomic E-state index is 0.0500. The van der Waals surface area contributed by atoms with E-state index in [9.17, 15) is 68.4 Å². The lowest BCUT2D eigenvalue weighted by atomic mass is 9.66. The molecule has 0 aromatic heterocycles. The normalized spacial score (nSPS) is 25.0. The van der Waals surface area contributed by atoms with Crippen LogP contribution in [-0.4, -0.2) is 135 Å². The number of allylic oxidation sites excluding steroid dienone is 21. The highest BCUT2D eigenvalue weighted by molar-refractivity contribution is 6.10. The molecule has 8 atom stereocenters. The molecule has 0 saturated carbocycles. The lowest BCUT2D eigenvalue weighted by Gasteiger charge is -2.36. The smallest absolute Gasteiger partial charge is 0.343 e. The maximum atomic E-state index is 13.4. The Balaban J connectivity index is 1.20. The number of rotatable bonds is 25. The fourth-order valence-corrected chi connectivity index (χ4v) is 9.34. The first kappa shape index (κ1) is 65.2. The molecule has 0 amide bonds. The van der Waals surface area contributed by atoms with Gasteiger partial charge in [-0.25, -0.2) is 9.59 Å². The molecule has 432 valence electrons. The van der Waals surface area contributed by atoms with Crippen LogP contribution in [0.25, 0.3) is 0 Å². The van der Waals surface area contributed by atoms with Gasteiger partial charge in [0, 0.05) is 25.2 Å². The number of aliphatic hydroxyl groups is 4. The third kappa shape index (κ3) is 18.6. The molecule has 2 saturated heterocycles. The van der Waals surface area contributed by atoms with E-state index in [4.69, 9.17) is 14.2 Å². The van der Waals surface area contributed by atoms with Gasteiger partial charge in [0.05, 0.1) is 19.3 Å². The number of esters is 5. The standard InChI is InChI=1S/C61H74O19/c1-34(17-13-19-36(3)21-24-42-38(5)50(68)40(30-60(42,7)8)29-41(62)23-26-47(65)76-32-44(63)56-52(70)54(72)58(74)79-56)15-11-12-16-35(2)18-14-20-37(4)22-25-43-39(6)51(69)46(31-61(43,9)10)78-49(67)28-27-48(66)77-33-45(64)57-53(71)55(73)59(75)80-57/h11-22,24-25,40,44-46,54-57,63-64,72-73H,23,26-33H2,1-10H3/t40?,44-,45-,46?,54?,55?,56+,57+/m0/s1. The minimum atomic E-state index is -2.02. The first-order chi connectivity index (χ1) is 37.4. The summed E-state index contributed by atoms with van der Waals surface area (Å²) in [6.07, 6.45) is 14.7. The summed E-state index contributed by atoms with van der Waals surface area (Å²) >= 11 is 0. The van der Waals surface area contributed by atoms with Crippen molar-refractivity contribution >= 4 is 58.8 Å². The molecule has 2 fully saturated rings. The number of hydrogen-bond acceptors (Lipinski definition) is 19. The molecule has 0 bridgehead atoms. The van der Waals surface area contributed by atoms with E-state index >= 15 is 0 Å². The van der Waals surface area contributed by atoms with Gasteiger partial charge in [-0.2, -0.15) is 0 Å². The molecule has 19 nitrogen and oxygen atoms in total. The van der Waals surface area contributed by atoms with Crippen molar-refractivity contribution in [2.45, 2.75) is 157 Å². The quantitative estimate of drug-likeness (QED) is 0.0366. The molecule has 0 aromatic rings. The Morgan fingerprint density at radius 2 is 0.950 bits per heavy atom. The van der Waals surface area contributed by atoms with Crippen LogP contribution in [0.3, 0.4) is 0 Å². The molecule has 4 unspecified atom stereocenters. The van der Waals surface area contributed by atoms with Crippen LogP contribution in [0.2, 0.25) is 0 Å². The van der Waals surface area contributed by atoms with Crippen molar-refractivity contribution in [3.63, 3.8) is 0 Å². The van der Waals surface area contributed by atoms with Crippen LogP contribution in [0.4, 0.5) is 0 Å². The highest BCUT2D eigenvalue weighted by Crippen LogP contribution is 2.44. The van der Waals surface area contributed by atoms with Crippen LogP contribution in [0.5, 0.6) is 0 Å². The molecule has 4 rings (SSSR count). The molecule has 2 heterocycles. The summed E-state index contributed by atoms with van der Waals surface area (Å²) in [6, 6.07) is 0. The van der Waals surface area contributed by atoms with Gasteiger partial charge in [-0.3, -0.25) is 38.4 Å². The second-order valence-electron chi connectivity index (χ2n) is 21.6. The molecule has 0 radical (unpaired) electrons. The average Bonchev–Trinajstić information content (AvgIpc) is 3.83. The van der Waals surface area contributed by atoms with Crippen LogP contribution < -0.4 is 0 Å². The van der Waals surface area contributed by atoms with E-state index in [-0.39, 0.29) is 43.0 Å². The van der Waals surface area contributed by atoms with Gasteiger partial charge in [0.25, 0.3) is 0 Å². The first-order valence-corrected chi connectivity index (χ1v) is 26.3. The van der Waals surface area contributed by atoms with Gasteiger partial charge in [-0.15, -0.1) is 0 Å². The van der Waals surface area contributed by atoms with Crippen LogP contribution >= 0.6 is 0 Å². The van der Waals surface area contributed by atoms with Gasteiger partial charge in [-0.05, 0) is 81.1 Å². The van der Waals surface area contributed by atoms with E-state index in [1.54, 1.807) is 13.8 Å². The largest absolute Gasteiger partial charge is 0.463 e. The Morgan fingerprint density at radius 3 is 1.39 bits per heavy atom. The molecule has 19 heteroatoms. The Kier molecular flexibility index (Phi) is 23.8. The van der Waals surface area contributed by atoms with Crippen molar-refractivity contribution in [1.29, 1.82) is 0 Å². The Morgan fingerprint density at radius 1 is 0.562 bits per heavy atom. The van der Waals surface area contributed by atoms with Crippen LogP contribution in [0.15, 0.2) is 130 Å². The second-order valence-corrected chi connectivity index (χ2v) is 21.6. The van der Waals surface area contributed by atoms with Crippen molar-refractivity contribution < 1.29 is 92.1 Å². The SMILES string of the molecule is CC(C=CC=C(C)C=CC1=C(C)C(=O)C(CC(=O)CCC(=O)OC[C@H](O)[C@H]2OC(=O)C(O)C2=O)CC1(C)C)=CC=CC=C(C)C=CC=C(C)C=CC1=C(C)C(=O)C(OC(=O)CCC(=O)OC[C@H](O)[C@H]2OC(=O)C(O)C2=O)CC1(C)C. The summed E-state index contributed by atoms with van der Waals surface area (Å²) in [5.41, 5.74) is 5.62. The van der Waals surface area contributed by atoms with Gasteiger partial charge in [-0.1, -0.05) is 135 Å². The molecule has 80 heavy (non-hydrogen) atoms. The number of ketones is 5. The van der Waals surface area contributed by atoms with Gasteiger partial charge < -0.3 is 44.1 Å². The number of hydrogen-bond donors (Lipinski definition) is 4. The van der Waals surface area contributed by atoms with Crippen molar-refractivity contribution in [2.24, 2.45) is 16.7 Å². The lowest BCUT2D eigenvalue weighted by Crippen LogP contribution is -2.39. The fourth-order valence-electron chi connectivity index (χ4n) is 9.34. The maximum absolute atomic E-state index is 13.4. The van der Waals surface area contributed by atoms with Gasteiger partial charge in [0.15, 0.2) is 29.9 Å². The number of ether oxygens (including phenoxy) is 5. The summed E-state index contributed by atoms with van der Waals surface area (Å²) in [5.74, 6) is -8.37. The number of carbonyl (C=O) groups is 10. The minimum Gasteiger partial charge on any atom is -0.463 e. The summed E-state index contributed by atoms with van der Waals surface area (Å²) in [7, 11) is 0. The molecular weight excluding hydrogens is 1040 g/mol. The topological polar surface area (TPSA) is 298 Å². The molecule has 4 N–H and O–H groups in total. The summed E-state index contributed by atoms with van der Waals surface area (Å²) in [4.78, 5) is 123.